The Morgan fingerprint density at radius 2 is 2.32 bits per heavy atom. The number of rotatable bonds is 3. The predicted octanol–water partition coefficient (Wildman–Crippen LogP) is 2.36. The van der Waals surface area contributed by atoms with Gasteiger partial charge >= 0.3 is 0 Å². The highest BCUT2D eigenvalue weighted by Gasteiger charge is 2.15. The Hall–Kier alpha value is -1.87. The van der Waals surface area contributed by atoms with Gasteiger partial charge in [0.05, 0.1) is 0 Å². The minimum atomic E-state index is -0.282. The second-order valence-electron chi connectivity index (χ2n) is 4.24. The topological polar surface area (TPSA) is 71.6 Å². The Morgan fingerprint density at radius 3 is 2.89 bits per heavy atom. The van der Waals surface area contributed by atoms with Gasteiger partial charge in [0.25, 0.3) is 5.56 Å². The Balaban J connectivity index is 2.89. The number of hydrogen-bond donors (Lipinski definition) is 0. The zero-order chi connectivity index (χ0) is 14.0. The van der Waals surface area contributed by atoms with Gasteiger partial charge in [-0.1, -0.05) is 18.7 Å². The molecule has 0 aliphatic rings. The van der Waals surface area contributed by atoms with Crippen LogP contribution in [0.25, 0.3) is 11.0 Å². The van der Waals surface area contributed by atoms with Crippen LogP contribution in [0.4, 0.5) is 0 Å². The Labute approximate surface area is 115 Å². The molecule has 2 heterocycles. The summed E-state index contributed by atoms with van der Waals surface area (Å²) in [7, 11) is 0. The molecule has 0 saturated heterocycles. The molecular formula is C13H14N4OS. The molecule has 2 aromatic heterocycles. The monoisotopic (exact) mass is 274 g/mol. The largest absolute Gasteiger partial charge is 0.289 e. The second kappa shape index (κ2) is 5.41. The molecule has 1 atom stereocenters. The molecule has 0 saturated carbocycles. The van der Waals surface area contributed by atoms with Crippen LogP contribution in [0.15, 0.2) is 22.2 Å². The lowest BCUT2D eigenvalue weighted by atomic mass is 10.2. The maximum absolute atomic E-state index is 12.3. The van der Waals surface area contributed by atoms with Gasteiger partial charge in [-0.3, -0.25) is 9.36 Å². The van der Waals surface area contributed by atoms with Crippen molar-refractivity contribution >= 4 is 22.8 Å². The first-order valence-electron chi connectivity index (χ1n) is 5.98. The molecule has 0 spiro atoms. The van der Waals surface area contributed by atoms with Gasteiger partial charge in [-0.15, -0.1) is 0 Å². The zero-order valence-electron chi connectivity index (χ0n) is 11.0. The minimum Gasteiger partial charge on any atom is -0.289 e. The van der Waals surface area contributed by atoms with E-state index in [1.807, 2.05) is 26.2 Å². The fourth-order valence-electron chi connectivity index (χ4n) is 1.87. The van der Waals surface area contributed by atoms with E-state index in [1.165, 1.54) is 11.8 Å². The number of aromatic nitrogens is 3. The molecule has 0 aliphatic heterocycles. The number of pyridine rings is 1. The van der Waals surface area contributed by atoms with Crippen molar-refractivity contribution in [1.82, 2.24) is 14.5 Å². The van der Waals surface area contributed by atoms with Crippen molar-refractivity contribution in [2.24, 2.45) is 0 Å². The van der Waals surface area contributed by atoms with E-state index in [-0.39, 0.29) is 17.2 Å². The Morgan fingerprint density at radius 1 is 1.58 bits per heavy atom. The van der Waals surface area contributed by atoms with Crippen LogP contribution >= 0.6 is 11.8 Å². The van der Waals surface area contributed by atoms with Gasteiger partial charge < -0.3 is 0 Å². The van der Waals surface area contributed by atoms with Crippen LogP contribution in [0.1, 0.15) is 31.9 Å². The summed E-state index contributed by atoms with van der Waals surface area (Å²) in [6.45, 7) is 3.95. The predicted molar refractivity (Wildman–Crippen MR) is 75.3 cm³/mol. The molecule has 1 unspecified atom stereocenters. The first-order valence-corrected chi connectivity index (χ1v) is 7.21. The summed E-state index contributed by atoms with van der Waals surface area (Å²) in [6.07, 6.45) is 4.34. The number of fused-ring (bicyclic) bond motifs is 1. The first kappa shape index (κ1) is 13.6. The van der Waals surface area contributed by atoms with E-state index in [2.05, 4.69) is 9.97 Å². The van der Waals surface area contributed by atoms with Gasteiger partial charge in [-0.05, 0) is 25.7 Å². The summed E-state index contributed by atoms with van der Waals surface area (Å²) in [4.78, 5) is 20.9. The Bertz CT molecular complexity index is 717. The molecule has 98 valence electrons. The van der Waals surface area contributed by atoms with Crippen molar-refractivity contribution in [3.05, 3.63) is 28.2 Å². The first-order chi connectivity index (χ1) is 9.12. The maximum Gasteiger partial charge on any atom is 0.270 e. The van der Waals surface area contributed by atoms with Crippen LogP contribution in [-0.4, -0.2) is 20.8 Å². The number of nitriles is 1. The van der Waals surface area contributed by atoms with Gasteiger partial charge in [-0.2, -0.15) is 5.26 Å². The molecule has 2 aromatic rings. The molecule has 0 bridgehead atoms. The minimum absolute atomic E-state index is 0.00657. The quantitative estimate of drug-likeness (QED) is 0.634. The van der Waals surface area contributed by atoms with Crippen molar-refractivity contribution < 1.29 is 0 Å². The molecule has 0 N–H and O–H groups in total. The second-order valence-corrected chi connectivity index (χ2v) is 5.01. The smallest absolute Gasteiger partial charge is 0.270 e. The third-order valence-corrected chi connectivity index (χ3v) is 3.65. The molecule has 19 heavy (non-hydrogen) atoms. The summed E-state index contributed by atoms with van der Waals surface area (Å²) in [6, 6.07) is 3.49. The molecule has 0 radical (unpaired) electrons. The van der Waals surface area contributed by atoms with Crippen LogP contribution in [0.5, 0.6) is 0 Å². The number of thioether (sulfide) groups is 1. The maximum atomic E-state index is 12.3. The lowest BCUT2D eigenvalue weighted by Gasteiger charge is -2.16. The van der Waals surface area contributed by atoms with E-state index >= 15 is 0 Å². The van der Waals surface area contributed by atoms with Crippen molar-refractivity contribution in [3.63, 3.8) is 0 Å². The van der Waals surface area contributed by atoms with Crippen molar-refractivity contribution in [2.45, 2.75) is 31.5 Å². The van der Waals surface area contributed by atoms with Crippen LogP contribution in [-0.2, 0) is 0 Å². The van der Waals surface area contributed by atoms with Crippen molar-refractivity contribution in [1.29, 1.82) is 5.26 Å². The SMILES string of the molecule is CCC(C)n1c(=O)c(C#N)cc2cnc(SC)nc21. The number of hydrogen-bond acceptors (Lipinski definition) is 5. The third kappa shape index (κ3) is 2.34. The van der Waals surface area contributed by atoms with E-state index in [0.29, 0.717) is 16.2 Å². The molecule has 0 fully saturated rings. The molecular weight excluding hydrogens is 260 g/mol. The van der Waals surface area contributed by atoms with Gasteiger partial charge in [0.15, 0.2) is 5.16 Å². The van der Waals surface area contributed by atoms with E-state index < -0.39 is 0 Å². The van der Waals surface area contributed by atoms with Gasteiger partial charge in [0, 0.05) is 17.6 Å². The molecule has 0 amide bonds. The fraction of sp³-hybridized carbons (Fsp3) is 0.385. The molecule has 2 rings (SSSR count). The number of nitrogens with zero attached hydrogens (tertiary/aromatic N) is 4. The normalized spacial score (nSPS) is 12.3. The van der Waals surface area contributed by atoms with Gasteiger partial charge in [0.2, 0.25) is 0 Å². The van der Waals surface area contributed by atoms with Crippen LogP contribution in [0.2, 0.25) is 0 Å². The average molecular weight is 274 g/mol. The van der Waals surface area contributed by atoms with Crippen LogP contribution < -0.4 is 5.56 Å². The summed E-state index contributed by atoms with van der Waals surface area (Å²) >= 11 is 1.42. The molecule has 6 heteroatoms. The van der Waals surface area contributed by atoms with Crippen LogP contribution in [0, 0.1) is 11.3 Å². The lowest BCUT2D eigenvalue weighted by molar-refractivity contribution is 0.525. The third-order valence-electron chi connectivity index (χ3n) is 3.09. The highest BCUT2D eigenvalue weighted by atomic mass is 32.2. The zero-order valence-corrected chi connectivity index (χ0v) is 11.9. The lowest BCUT2D eigenvalue weighted by Crippen LogP contribution is -2.26. The van der Waals surface area contributed by atoms with Gasteiger partial charge in [-0.25, -0.2) is 9.97 Å². The molecule has 0 aliphatic carbocycles. The molecule has 5 nitrogen and oxygen atoms in total. The standard InChI is InChI=1S/C13H14N4OS/c1-4-8(2)17-11-10(5-9(6-14)12(17)18)7-15-13(16-11)19-3/h5,7-8H,4H2,1-3H3. The van der Waals surface area contributed by atoms with Crippen LogP contribution in [0.3, 0.4) is 0 Å². The fourth-order valence-corrected chi connectivity index (χ4v) is 2.21. The van der Waals surface area contributed by atoms with E-state index in [9.17, 15) is 4.79 Å². The summed E-state index contributed by atoms with van der Waals surface area (Å²) in [5, 5.41) is 10.4. The van der Waals surface area contributed by atoms with Crippen molar-refractivity contribution in [3.8, 4) is 6.07 Å². The van der Waals surface area contributed by atoms with E-state index in [4.69, 9.17) is 5.26 Å². The Kier molecular flexibility index (Phi) is 3.86. The highest BCUT2D eigenvalue weighted by molar-refractivity contribution is 7.98. The molecule has 0 aromatic carbocycles. The van der Waals surface area contributed by atoms with E-state index in [1.54, 1.807) is 16.8 Å². The van der Waals surface area contributed by atoms with Crippen molar-refractivity contribution in [2.75, 3.05) is 6.26 Å². The highest BCUT2D eigenvalue weighted by Crippen LogP contribution is 2.19. The van der Waals surface area contributed by atoms with Gasteiger partial charge in [0.1, 0.15) is 17.3 Å². The average Bonchev–Trinajstić information content (AvgIpc) is 2.45. The summed E-state index contributed by atoms with van der Waals surface area (Å²) in [5.41, 5.74) is 0.445. The summed E-state index contributed by atoms with van der Waals surface area (Å²) < 4.78 is 1.59. The van der Waals surface area contributed by atoms with E-state index in [0.717, 1.165) is 6.42 Å². The summed E-state index contributed by atoms with van der Waals surface area (Å²) in [5.74, 6) is 0.